The van der Waals surface area contributed by atoms with Crippen LogP contribution in [0.5, 0.6) is 0 Å². The first kappa shape index (κ1) is 11.0. The van der Waals surface area contributed by atoms with Gasteiger partial charge in [-0.05, 0) is 12.3 Å². The Kier molecular flexibility index (Phi) is 6.07. The van der Waals surface area contributed by atoms with Gasteiger partial charge in [-0.2, -0.15) is 0 Å². The number of rotatable bonds is 4. The Bertz CT molecular complexity index is 178. The van der Waals surface area contributed by atoms with Crippen LogP contribution in [0.3, 0.4) is 0 Å². The topological polar surface area (TPSA) is 26.3 Å². The van der Waals surface area contributed by atoms with Crippen molar-refractivity contribution < 1.29 is 9.53 Å². The van der Waals surface area contributed by atoms with Gasteiger partial charge in [0.2, 0.25) is 0 Å². The van der Waals surface area contributed by atoms with E-state index < -0.39 is 0 Å². The van der Waals surface area contributed by atoms with Crippen LogP contribution in [0.1, 0.15) is 20.3 Å². The zero-order chi connectivity index (χ0) is 9.40. The summed E-state index contributed by atoms with van der Waals surface area (Å²) < 4.78 is 4.42. The highest BCUT2D eigenvalue weighted by Crippen LogP contribution is 1.99. The minimum absolute atomic E-state index is 0.316. The Hall–Kier alpha value is -1.05. The molecule has 0 heterocycles. The molecule has 0 radical (unpaired) electrons. The van der Waals surface area contributed by atoms with Crippen molar-refractivity contribution in [2.24, 2.45) is 5.92 Å². The molecule has 0 atom stereocenters. The average Bonchev–Trinajstić information content (AvgIpc) is 2.03. The van der Waals surface area contributed by atoms with E-state index in [1.54, 1.807) is 6.08 Å². The van der Waals surface area contributed by atoms with Gasteiger partial charge in [0.15, 0.2) is 0 Å². The monoisotopic (exact) mass is 168 g/mol. The van der Waals surface area contributed by atoms with Gasteiger partial charge in [0.25, 0.3) is 0 Å². The Morgan fingerprint density at radius 1 is 1.42 bits per heavy atom. The van der Waals surface area contributed by atoms with Gasteiger partial charge in [0, 0.05) is 6.08 Å². The fourth-order valence-corrected chi connectivity index (χ4v) is 0.631. The standard InChI is InChI=1S/C10H16O2/c1-9(2)7-5-4-6-8-10(11)12-3/h4-6,8-9H,7H2,1-3H3/b5-4+,8-6+. The van der Waals surface area contributed by atoms with Gasteiger partial charge in [0.05, 0.1) is 7.11 Å². The van der Waals surface area contributed by atoms with Crippen molar-refractivity contribution in [3.8, 4) is 0 Å². The van der Waals surface area contributed by atoms with Crippen LogP contribution in [0.2, 0.25) is 0 Å². The molecule has 68 valence electrons. The summed E-state index contributed by atoms with van der Waals surface area (Å²) in [6.07, 6.45) is 8.01. The van der Waals surface area contributed by atoms with Gasteiger partial charge in [-0.15, -0.1) is 0 Å². The van der Waals surface area contributed by atoms with E-state index >= 15 is 0 Å². The van der Waals surface area contributed by atoms with E-state index in [4.69, 9.17) is 0 Å². The predicted octanol–water partition coefficient (Wildman–Crippen LogP) is 2.32. The van der Waals surface area contributed by atoms with E-state index in [1.165, 1.54) is 13.2 Å². The Labute approximate surface area is 73.9 Å². The van der Waals surface area contributed by atoms with Gasteiger partial charge in [0.1, 0.15) is 0 Å². The van der Waals surface area contributed by atoms with Gasteiger partial charge < -0.3 is 4.74 Å². The lowest BCUT2D eigenvalue weighted by Gasteiger charge is -1.94. The van der Waals surface area contributed by atoms with E-state index in [9.17, 15) is 4.79 Å². The van der Waals surface area contributed by atoms with Crippen LogP contribution in [0.15, 0.2) is 24.3 Å². The predicted molar refractivity (Wildman–Crippen MR) is 49.8 cm³/mol. The van der Waals surface area contributed by atoms with Crippen LogP contribution in [0, 0.1) is 5.92 Å². The molecule has 0 aliphatic rings. The van der Waals surface area contributed by atoms with Crippen LogP contribution in [0.4, 0.5) is 0 Å². The van der Waals surface area contributed by atoms with Gasteiger partial charge in [-0.1, -0.05) is 32.1 Å². The van der Waals surface area contributed by atoms with E-state index in [-0.39, 0.29) is 5.97 Å². The van der Waals surface area contributed by atoms with E-state index in [0.717, 1.165) is 6.42 Å². The summed E-state index contributed by atoms with van der Waals surface area (Å²) in [6.45, 7) is 4.29. The third-order valence-electron chi connectivity index (χ3n) is 1.29. The molecule has 0 saturated carbocycles. The summed E-state index contributed by atoms with van der Waals surface area (Å²) in [7, 11) is 1.37. The number of hydrogen-bond acceptors (Lipinski definition) is 2. The largest absolute Gasteiger partial charge is 0.466 e. The van der Waals surface area contributed by atoms with E-state index in [1.807, 2.05) is 12.2 Å². The second kappa shape index (κ2) is 6.65. The number of carbonyl (C=O) groups is 1. The number of esters is 1. The number of allylic oxidation sites excluding steroid dienone is 3. The lowest BCUT2D eigenvalue weighted by molar-refractivity contribution is -0.134. The fourth-order valence-electron chi connectivity index (χ4n) is 0.631. The molecule has 0 amide bonds. The highest BCUT2D eigenvalue weighted by Gasteiger charge is 1.87. The van der Waals surface area contributed by atoms with Crippen LogP contribution >= 0.6 is 0 Å². The van der Waals surface area contributed by atoms with Crippen molar-refractivity contribution in [2.45, 2.75) is 20.3 Å². The molecule has 12 heavy (non-hydrogen) atoms. The van der Waals surface area contributed by atoms with Crippen LogP contribution in [0.25, 0.3) is 0 Å². The van der Waals surface area contributed by atoms with E-state index in [2.05, 4.69) is 18.6 Å². The lowest BCUT2D eigenvalue weighted by Crippen LogP contribution is -1.92. The molecular formula is C10H16O2. The maximum Gasteiger partial charge on any atom is 0.330 e. The lowest BCUT2D eigenvalue weighted by atomic mass is 10.1. The number of methoxy groups -OCH3 is 1. The smallest absolute Gasteiger partial charge is 0.330 e. The van der Waals surface area contributed by atoms with Gasteiger partial charge in [-0.25, -0.2) is 4.79 Å². The Morgan fingerprint density at radius 3 is 2.58 bits per heavy atom. The van der Waals surface area contributed by atoms with E-state index in [0.29, 0.717) is 5.92 Å². The minimum Gasteiger partial charge on any atom is -0.466 e. The van der Waals surface area contributed by atoms with Crippen molar-refractivity contribution in [3.05, 3.63) is 24.3 Å². The number of ether oxygens (including phenoxy) is 1. The highest BCUT2D eigenvalue weighted by molar-refractivity contribution is 5.82. The van der Waals surface area contributed by atoms with Crippen molar-refractivity contribution in [1.29, 1.82) is 0 Å². The average molecular weight is 168 g/mol. The maximum atomic E-state index is 10.6. The highest BCUT2D eigenvalue weighted by atomic mass is 16.5. The maximum absolute atomic E-state index is 10.6. The SMILES string of the molecule is COC(=O)/C=C/C=C/CC(C)C. The summed E-state index contributed by atoms with van der Waals surface area (Å²) in [4.78, 5) is 10.6. The molecule has 0 spiro atoms. The Balaban J connectivity index is 3.59. The molecule has 0 rings (SSSR count). The molecule has 0 N–H and O–H groups in total. The fraction of sp³-hybridized carbons (Fsp3) is 0.500. The van der Waals surface area contributed by atoms with Gasteiger partial charge >= 0.3 is 5.97 Å². The molecule has 0 bridgehead atoms. The third-order valence-corrected chi connectivity index (χ3v) is 1.29. The summed E-state index contributed by atoms with van der Waals surface area (Å²) >= 11 is 0. The normalized spacial score (nSPS) is 11.7. The minimum atomic E-state index is -0.316. The van der Waals surface area contributed by atoms with Crippen molar-refractivity contribution >= 4 is 5.97 Å². The summed E-state index contributed by atoms with van der Waals surface area (Å²) in [5.74, 6) is 0.344. The summed E-state index contributed by atoms with van der Waals surface area (Å²) in [6, 6.07) is 0. The van der Waals surface area contributed by atoms with Crippen molar-refractivity contribution in [3.63, 3.8) is 0 Å². The van der Waals surface area contributed by atoms with Crippen LogP contribution < -0.4 is 0 Å². The van der Waals surface area contributed by atoms with Crippen LogP contribution in [-0.2, 0) is 9.53 Å². The first-order chi connectivity index (χ1) is 5.66. The zero-order valence-electron chi connectivity index (χ0n) is 7.91. The third kappa shape index (κ3) is 7.06. The first-order valence-corrected chi connectivity index (χ1v) is 4.08. The molecule has 0 aromatic carbocycles. The van der Waals surface area contributed by atoms with Crippen LogP contribution in [-0.4, -0.2) is 13.1 Å². The summed E-state index contributed by atoms with van der Waals surface area (Å²) in [5.41, 5.74) is 0. The molecule has 2 nitrogen and oxygen atoms in total. The molecule has 0 saturated heterocycles. The molecule has 2 heteroatoms. The van der Waals surface area contributed by atoms with Crippen molar-refractivity contribution in [1.82, 2.24) is 0 Å². The molecular weight excluding hydrogens is 152 g/mol. The second-order valence-corrected chi connectivity index (χ2v) is 2.94. The Morgan fingerprint density at radius 2 is 2.08 bits per heavy atom. The van der Waals surface area contributed by atoms with Gasteiger partial charge in [-0.3, -0.25) is 0 Å². The molecule has 0 fully saturated rings. The number of carbonyl (C=O) groups excluding carboxylic acids is 1. The molecule has 0 aliphatic heterocycles. The molecule has 0 unspecified atom stereocenters. The first-order valence-electron chi connectivity index (χ1n) is 4.08. The quantitative estimate of drug-likeness (QED) is 0.366. The zero-order valence-corrected chi connectivity index (χ0v) is 7.91. The molecule has 0 aliphatic carbocycles. The summed E-state index contributed by atoms with van der Waals surface area (Å²) in [5, 5.41) is 0. The van der Waals surface area contributed by atoms with Crippen molar-refractivity contribution in [2.75, 3.05) is 7.11 Å². The molecule has 0 aromatic rings. The second-order valence-electron chi connectivity index (χ2n) is 2.94. The number of hydrogen-bond donors (Lipinski definition) is 0. The molecule has 0 aromatic heterocycles.